The zero-order valence-electron chi connectivity index (χ0n) is 18.8. The number of carbonyl (C=O) groups is 1. The topological polar surface area (TPSA) is 84.9 Å². The zero-order chi connectivity index (χ0) is 22.9. The first-order valence-corrected chi connectivity index (χ1v) is 12.9. The van der Waals surface area contributed by atoms with Crippen molar-refractivity contribution in [2.75, 3.05) is 23.8 Å². The van der Waals surface area contributed by atoms with Crippen LogP contribution in [0.4, 0.5) is 5.69 Å². The average Bonchev–Trinajstić information content (AvgIpc) is 2.77. The Hall–Kier alpha value is -2.74. The number of ether oxygens (including phenoxy) is 2. The van der Waals surface area contributed by atoms with E-state index in [4.69, 9.17) is 9.47 Å². The fourth-order valence-corrected chi connectivity index (χ4v) is 5.58. The second-order valence-corrected chi connectivity index (χ2v) is 10.4. The molecule has 0 bridgehead atoms. The van der Waals surface area contributed by atoms with Gasteiger partial charge in [-0.05, 0) is 68.4 Å². The smallest absolute Gasteiger partial charge is 0.244 e. The number of hydrogen-bond donors (Lipinski definition) is 1. The summed E-state index contributed by atoms with van der Waals surface area (Å²) in [7, 11) is -3.73. The van der Waals surface area contributed by atoms with Crippen molar-refractivity contribution in [1.29, 1.82) is 0 Å². The summed E-state index contributed by atoms with van der Waals surface area (Å²) in [5.41, 5.74) is 4.11. The van der Waals surface area contributed by atoms with Crippen LogP contribution in [0.5, 0.6) is 11.5 Å². The minimum Gasteiger partial charge on any atom is -0.486 e. The molecular weight excluding hydrogens is 428 g/mol. The maximum Gasteiger partial charge on any atom is 0.244 e. The molecule has 0 radical (unpaired) electrons. The van der Waals surface area contributed by atoms with Gasteiger partial charge in [0.2, 0.25) is 15.9 Å². The van der Waals surface area contributed by atoms with E-state index in [1.54, 1.807) is 25.1 Å². The molecule has 1 amide bonds. The number of nitrogens with one attached hydrogen (secondary N) is 1. The molecule has 0 aromatic heterocycles. The number of fused-ring (bicyclic) bond motifs is 2. The molecule has 1 aliphatic carbocycles. The molecule has 1 aliphatic heterocycles. The van der Waals surface area contributed by atoms with E-state index in [0.29, 0.717) is 30.4 Å². The minimum atomic E-state index is -3.73. The van der Waals surface area contributed by atoms with Crippen LogP contribution >= 0.6 is 0 Å². The lowest BCUT2D eigenvalue weighted by atomic mass is 9.89. The number of amides is 1. The molecule has 0 spiro atoms. The predicted octanol–water partition coefficient (Wildman–Crippen LogP) is 3.37. The Kier molecular flexibility index (Phi) is 6.33. The predicted molar refractivity (Wildman–Crippen MR) is 124 cm³/mol. The Morgan fingerprint density at radius 1 is 0.969 bits per heavy atom. The molecule has 1 N–H and O–H groups in total. The van der Waals surface area contributed by atoms with Crippen LogP contribution in [-0.2, 0) is 27.7 Å². The van der Waals surface area contributed by atoms with E-state index in [0.717, 1.165) is 29.0 Å². The molecule has 4 rings (SSSR count). The van der Waals surface area contributed by atoms with E-state index in [1.807, 2.05) is 6.92 Å². The van der Waals surface area contributed by atoms with Crippen molar-refractivity contribution in [1.82, 2.24) is 5.32 Å². The van der Waals surface area contributed by atoms with Gasteiger partial charge in [-0.3, -0.25) is 9.10 Å². The molecule has 0 saturated carbocycles. The quantitative estimate of drug-likeness (QED) is 0.718. The normalized spacial score (nSPS) is 17.1. The van der Waals surface area contributed by atoms with Gasteiger partial charge in [0, 0.05) is 6.07 Å². The van der Waals surface area contributed by atoms with Crippen LogP contribution < -0.4 is 19.1 Å². The van der Waals surface area contributed by atoms with E-state index in [1.165, 1.54) is 24.0 Å². The van der Waals surface area contributed by atoms with Gasteiger partial charge in [-0.1, -0.05) is 18.2 Å². The van der Waals surface area contributed by atoms with Crippen LogP contribution in [0.15, 0.2) is 36.4 Å². The van der Waals surface area contributed by atoms with Crippen molar-refractivity contribution in [3.63, 3.8) is 0 Å². The molecule has 2 atom stereocenters. The van der Waals surface area contributed by atoms with Gasteiger partial charge >= 0.3 is 0 Å². The van der Waals surface area contributed by atoms with Crippen LogP contribution in [0.2, 0.25) is 0 Å². The highest BCUT2D eigenvalue weighted by Gasteiger charge is 2.31. The fraction of sp³-hybridized carbons (Fsp3) is 0.458. The lowest BCUT2D eigenvalue weighted by molar-refractivity contribution is -0.122. The molecule has 8 heteroatoms. The van der Waals surface area contributed by atoms with E-state index in [9.17, 15) is 13.2 Å². The number of nitrogens with zero attached hydrogens (tertiary/aromatic N) is 1. The first-order valence-electron chi connectivity index (χ1n) is 11.0. The van der Waals surface area contributed by atoms with Crippen LogP contribution in [0.25, 0.3) is 0 Å². The highest BCUT2D eigenvalue weighted by Crippen LogP contribution is 2.35. The van der Waals surface area contributed by atoms with E-state index < -0.39 is 16.1 Å². The third-order valence-electron chi connectivity index (χ3n) is 6.10. The Labute approximate surface area is 189 Å². The van der Waals surface area contributed by atoms with E-state index in [-0.39, 0.29) is 11.9 Å². The molecule has 32 heavy (non-hydrogen) atoms. The summed E-state index contributed by atoms with van der Waals surface area (Å²) in [6, 6.07) is 10.1. The third-order valence-corrected chi connectivity index (χ3v) is 7.34. The standard InChI is InChI=1S/C24H30N2O5S/c1-16(19-9-8-18-6-4-5-7-20(18)14-19)25-24(27)17(2)26(32(3,28)29)21-10-11-22-23(15-21)31-13-12-30-22/h8-11,14-17H,4-7,12-13H2,1-3H3,(H,25,27). The molecule has 7 nitrogen and oxygen atoms in total. The number of benzene rings is 2. The third kappa shape index (κ3) is 4.70. The summed E-state index contributed by atoms with van der Waals surface area (Å²) in [5, 5.41) is 2.99. The molecule has 0 saturated heterocycles. The Balaban J connectivity index is 1.54. The number of rotatable bonds is 6. The number of hydrogen-bond acceptors (Lipinski definition) is 5. The maximum absolute atomic E-state index is 13.1. The number of sulfonamides is 1. The number of aryl methyl sites for hydroxylation is 2. The molecule has 172 valence electrons. The molecule has 2 aliphatic rings. The lowest BCUT2D eigenvalue weighted by Crippen LogP contribution is -2.48. The van der Waals surface area contributed by atoms with Crippen LogP contribution in [-0.4, -0.2) is 39.8 Å². The van der Waals surface area contributed by atoms with Gasteiger partial charge in [0.25, 0.3) is 0 Å². The van der Waals surface area contributed by atoms with Crippen molar-refractivity contribution in [2.45, 2.75) is 51.6 Å². The highest BCUT2D eigenvalue weighted by atomic mass is 32.2. The maximum atomic E-state index is 13.1. The number of carbonyl (C=O) groups excluding carboxylic acids is 1. The summed E-state index contributed by atoms with van der Waals surface area (Å²) in [6.07, 6.45) is 5.67. The van der Waals surface area contributed by atoms with Gasteiger partial charge in [-0.25, -0.2) is 8.42 Å². The van der Waals surface area contributed by atoms with E-state index in [2.05, 4.69) is 23.5 Å². The second-order valence-electron chi connectivity index (χ2n) is 8.53. The Bertz CT molecular complexity index is 1120. The summed E-state index contributed by atoms with van der Waals surface area (Å²) in [5.74, 6) is 0.666. The molecule has 1 heterocycles. The molecule has 2 unspecified atom stereocenters. The van der Waals surface area contributed by atoms with Crippen molar-refractivity contribution < 1.29 is 22.7 Å². The van der Waals surface area contributed by atoms with Crippen LogP contribution in [0, 0.1) is 0 Å². The first kappa shape index (κ1) is 22.5. The van der Waals surface area contributed by atoms with Crippen molar-refractivity contribution in [3.05, 3.63) is 53.1 Å². The summed E-state index contributed by atoms with van der Waals surface area (Å²) < 4.78 is 37.5. The molecule has 2 aromatic rings. The van der Waals surface area contributed by atoms with Crippen molar-refractivity contribution >= 4 is 21.6 Å². The molecule has 0 fully saturated rings. The Morgan fingerprint density at radius 3 is 2.38 bits per heavy atom. The first-order chi connectivity index (χ1) is 15.2. The highest BCUT2D eigenvalue weighted by molar-refractivity contribution is 7.92. The van der Waals surface area contributed by atoms with Crippen molar-refractivity contribution in [2.24, 2.45) is 0 Å². The second kappa shape index (κ2) is 9.02. The summed E-state index contributed by atoms with van der Waals surface area (Å²) >= 11 is 0. The Morgan fingerprint density at radius 2 is 1.66 bits per heavy atom. The van der Waals surface area contributed by atoms with Crippen molar-refractivity contribution in [3.8, 4) is 11.5 Å². The van der Waals surface area contributed by atoms with Crippen LogP contribution in [0.3, 0.4) is 0 Å². The van der Waals surface area contributed by atoms with Gasteiger partial charge in [-0.2, -0.15) is 0 Å². The SMILES string of the molecule is CC(NC(=O)C(C)N(c1ccc2c(c1)OCCO2)S(C)(=O)=O)c1ccc2c(c1)CCCC2. The van der Waals surface area contributed by atoms with Gasteiger partial charge < -0.3 is 14.8 Å². The zero-order valence-corrected chi connectivity index (χ0v) is 19.6. The summed E-state index contributed by atoms with van der Waals surface area (Å²) in [4.78, 5) is 13.1. The monoisotopic (exact) mass is 458 g/mol. The number of anilines is 1. The molecular formula is C24H30N2O5S. The summed E-state index contributed by atoms with van der Waals surface area (Å²) in [6.45, 7) is 4.35. The van der Waals surface area contributed by atoms with E-state index >= 15 is 0 Å². The molecule has 2 aromatic carbocycles. The minimum absolute atomic E-state index is 0.237. The van der Waals surface area contributed by atoms with Gasteiger partial charge in [0.05, 0.1) is 18.0 Å². The van der Waals surface area contributed by atoms with Gasteiger partial charge in [0.1, 0.15) is 19.3 Å². The van der Waals surface area contributed by atoms with Gasteiger partial charge in [-0.15, -0.1) is 0 Å². The van der Waals surface area contributed by atoms with Gasteiger partial charge in [0.15, 0.2) is 11.5 Å². The van der Waals surface area contributed by atoms with Crippen LogP contribution in [0.1, 0.15) is 49.4 Å². The lowest BCUT2D eigenvalue weighted by Gasteiger charge is -2.30. The average molecular weight is 459 g/mol. The fourth-order valence-electron chi connectivity index (χ4n) is 4.42. The largest absolute Gasteiger partial charge is 0.486 e.